The highest BCUT2D eigenvalue weighted by molar-refractivity contribution is 5.85. The lowest BCUT2D eigenvalue weighted by molar-refractivity contribution is -0.137. The molecule has 2 aliphatic heterocycles. The molecule has 0 aromatic carbocycles. The van der Waals surface area contributed by atoms with Gasteiger partial charge in [-0.05, 0) is 23.8 Å². The summed E-state index contributed by atoms with van der Waals surface area (Å²) in [5.41, 5.74) is 1.61. The second-order valence-electron chi connectivity index (χ2n) is 7.31. The predicted octanol–water partition coefficient (Wildman–Crippen LogP) is 2.18. The fraction of sp³-hybridized carbons (Fsp3) is 0.765. The molecule has 2 atom stereocenters. The Labute approximate surface area is 145 Å². The summed E-state index contributed by atoms with van der Waals surface area (Å²) in [7, 11) is 1.93. The first kappa shape index (κ1) is 18.3. The van der Waals surface area contributed by atoms with E-state index in [1.165, 1.54) is 12.0 Å². The van der Waals surface area contributed by atoms with Gasteiger partial charge in [0.1, 0.15) is 0 Å². The number of carbonyl (C=O) groups is 1. The lowest BCUT2D eigenvalue weighted by Gasteiger charge is -2.40. The van der Waals surface area contributed by atoms with Gasteiger partial charge >= 0.3 is 0 Å². The third kappa shape index (κ3) is 3.72. The second-order valence-corrected chi connectivity index (χ2v) is 7.31. The van der Waals surface area contributed by atoms with Crippen molar-refractivity contribution in [2.75, 3.05) is 26.2 Å². The van der Waals surface area contributed by atoms with E-state index < -0.39 is 0 Å². The molecule has 1 aromatic heterocycles. The molecular weight excluding hydrogens is 312 g/mol. The Bertz CT molecular complexity index is 536. The van der Waals surface area contributed by atoms with Crippen LogP contribution in [0, 0.1) is 11.3 Å². The molecule has 3 heterocycles. The normalized spacial score (nSPS) is 26.8. The fourth-order valence-corrected chi connectivity index (χ4v) is 3.78. The van der Waals surface area contributed by atoms with Crippen LogP contribution in [0.3, 0.4) is 0 Å². The third-order valence-electron chi connectivity index (χ3n) is 5.82. The van der Waals surface area contributed by atoms with Gasteiger partial charge in [0, 0.05) is 45.3 Å². The fourth-order valence-electron chi connectivity index (χ4n) is 3.78. The Hall–Kier alpha value is -1.07. The van der Waals surface area contributed by atoms with Gasteiger partial charge in [0.25, 0.3) is 0 Å². The topological polar surface area (TPSA) is 50.2 Å². The molecule has 1 aromatic rings. The second kappa shape index (κ2) is 7.22. The van der Waals surface area contributed by atoms with Crippen LogP contribution < -0.4 is 5.32 Å². The molecule has 0 aliphatic carbocycles. The van der Waals surface area contributed by atoms with Gasteiger partial charge in [-0.25, -0.2) is 0 Å². The molecule has 6 heteroatoms. The molecule has 5 nitrogen and oxygen atoms in total. The number of amides is 1. The zero-order chi connectivity index (χ0) is 15.7. The molecule has 1 amide bonds. The number of nitrogens with zero attached hydrogens (tertiary/aromatic N) is 3. The highest BCUT2D eigenvalue weighted by Crippen LogP contribution is 2.36. The summed E-state index contributed by atoms with van der Waals surface area (Å²) in [5, 5.41) is 7.65. The number of rotatable bonds is 3. The van der Waals surface area contributed by atoms with Crippen molar-refractivity contribution in [2.45, 2.75) is 39.0 Å². The van der Waals surface area contributed by atoms with E-state index in [1.807, 2.05) is 24.1 Å². The molecule has 2 aliphatic rings. The van der Waals surface area contributed by atoms with Crippen molar-refractivity contribution in [1.29, 1.82) is 0 Å². The van der Waals surface area contributed by atoms with Crippen molar-refractivity contribution < 1.29 is 4.79 Å². The Kier molecular flexibility index (Phi) is 5.74. The Balaban J connectivity index is 0.00000192. The number of likely N-dealkylation sites (tertiary alicyclic amines) is 1. The van der Waals surface area contributed by atoms with E-state index in [4.69, 9.17) is 0 Å². The van der Waals surface area contributed by atoms with Crippen LogP contribution in [-0.2, 0) is 11.8 Å². The summed E-state index contributed by atoms with van der Waals surface area (Å²) in [6.07, 6.45) is 7.42. The molecule has 2 saturated heterocycles. The smallest absolute Gasteiger partial charge is 0.227 e. The summed E-state index contributed by atoms with van der Waals surface area (Å²) in [5.74, 6) is 0.660. The van der Waals surface area contributed by atoms with Gasteiger partial charge in [-0.2, -0.15) is 5.10 Å². The highest BCUT2D eigenvalue weighted by atomic mass is 35.5. The number of halogens is 1. The standard InChI is InChI=1S/C17H28N4O.ClH/c1-4-17(2)5-7-21(8-6-17)16(22)15-11-18-10-14(15)13-9-19-20(3)12-13;/h9,12,14-15,18H,4-8,10-11H2,1-3H3;1H/t14-,15+;/m1./s1. The zero-order valence-corrected chi connectivity index (χ0v) is 15.2. The Morgan fingerprint density at radius 1 is 1.39 bits per heavy atom. The van der Waals surface area contributed by atoms with Crippen LogP contribution in [0.15, 0.2) is 12.4 Å². The van der Waals surface area contributed by atoms with Crippen molar-refractivity contribution in [3.05, 3.63) is 18.0 Å². The van der Waals surface area contributed by atoms with Crippen LogP contribution in [0.5, 0.6) is 0 Å². The van der Waals surface area contributed by atoms with Gasteiger partial charge in [-0.15, -0.1) is 12.4 Å². The lowest BCUT2D eigenvalue weighted by atomic mass is 9.78. The monoisotopic (exact) mass is 340 g/mol. The zero-order valence-electron chi connectivity index (χ0n) is 14.4. The average molecular weight is 341 g/mol. The van der Waals surface area contributed by atoms with E-state index in [-0.39, 0.29) is 24.2 Å². The number of piperidine rings is 1. The maximum Gasteiger partial charge on any atom is 0.227 e. The molecule has 130 valence electrons. The van der Waals surface area contributed by atoms with Gasteiger partial charge in [0.15, 0.2) is 0 Å². The van der Waals surface area contributed by atoms with Gasteiger partial charge < -0.3 is 10.2 Å². The average Bonchev–Trinajstić information content (AvgIpc) is 3.16. The minimum atomic E-state index is 0. The van der Waals surface area contributed by atoms with Crippen molar-refractivity contribution in [1.82, 2.24) is 20.0 Å². The van der Waals surface area contributed by atoms with E-state index in [0.717, 1.165) is 39.0 Å². The van der Waals surface area contributed by atoms with Crippen LogP contribution in [-0.4, -0.2) is 46.8 Å². The number of hydrogen-bond donors (Lipinski definition) is 1. The molecule has 23 heavy (non-hydrogen) atoms. The number of carbonyl (C=O) groups excluding carboxylic acids is 1. The molecule has 0 saturated carbocycles. The van der Waals surface area contributed by atoms with Gasteiger partial charge in [0.05, 0.1) is 12.1 Å². The maximum atomic E-state index is 12.9. The molecule has 2 fully saturated rings. The van der Waals surface area contributed by atoms with Crippen molar-refractivity contribution in [3.63, 3.8) is 0 Å². The predicted molar refractivity (Wildman–Crippen MR) is 93.8 cm³/mol. The van der Waals surface area contributed by atoms with E-state index in [2.05, 4.69) is 29.2 Å². The SMILES string of the molecule is CCC1(C)CCN(C(=O)[C@H]2CNC[C@@H]2c2cnn(C)c2)CC1.Cl. The number of nitrogens with one attached hydrogen (secondary N) is 1. The minimum absolute atomic E-state index is 0. The molecule has 3 rings (SSSR count). The van der Waals surface area contributed by atoms with Crippen LogP contribution in [0.2, 0.25) is 0 Å². The first-order valence-corrected chi connectivity index (χ1v) is 8.50. The van der Waals surface area contributed by atoms with Crippen LogP contribution >= 0.6 is 12.4 Å². The van der Waals surface area contributed by atoms with E-state index in [0.29, 0.717) is 11.3 Å². The first-order chi connectivity index (χ1) is 10.5. The molecule has 1 N–H and O–H groups in total. The summed E-state index contributed by atoms with van der Waals surface area (Å²) >= 11 is 0. The largest absolute Gasteiger partial charge is 0.342 e. The highest BCUT2D eigenvalue weighted by Gasteiger charge is 2.39. The third-order valence-corrected chi connectivity index (χ3v) is 5.82. The van der Waals surface area contributed by atoms with Gasteiger partial charge in [-0.1, -0.05) is 20.3 Å². The summed E-state index contributed by atoms with van der Waals surface area (Å²) < 4.78 is 1.82. The molecule has 0 spiro atoms. The molecule has 0 bridgehead atoms. The van der Waals surface area contributed by atoms with Gasteiger partial charge in [0.2, 0.25) is 5.91 Å². The van der Waals surface area contributed by atoms with Crippen molar-refractivity contribution in [3.8, 4) is 0 Å². The Morgan fingerprint density at radius 3 is 2.65 bits per heavy atom. The van der Waals surface area contributed by atoms with Crippen LogP contribution in [0.25, 0.3) is 0 Å². The number of hydrogen-bond acceptors (Lipinski definition) is 3. The Morgan fingerprint density at radius 2 is 2.09 bits per heavy atom. The van der Waals surface area contributed by atoms with E-state index in [9.17, 15) is 4.79 Å². The summed E-state index contributed by atoms with van der Waals surface area (Å²) in [4.78, 5) is 15.0. The summed E-state index contributed by atoms with van der Waals surface area (Å²) in [6, 6.07) is 0. The first-order valence-electron chi connectivity index (χ1n) is 8.50. The maximum absolute atomic E-state index is 12.9. The minimum Gasteiger partial charge on any atom is -0.342 e. The quantitative estimate of drug-likeness (QED) is 0.917. The van der Waals surface area contributed by atoms with Crippen molar-refractivity contribution in [2.24, 2.45) is 18.4 Å². The van der Waals surface area contributed by atoms with Crippen molar-refractivity contribution >= 4 is 18.3 Å². The van der Waals surface area contributed by atoms with Crippen LogP contribution in [0.1, 0.15) is 44.6 Å². The lowest BCUT2D eigenvalue weighted by Crippen LogP contribution is -2.45. The van der Waals surface area contributed by atoms with Gasteiger partial charge in [-0.3, -0.25) is 9.48 Å². The number of aryl methyl sites for hydroxylation is 1. The summed E-state index contributed by atoms with van der Waals surface area (Å²) in [6.45, 7) is 8.11. The molecular formula is C17H29ClN4O. The molecule has 0 radical (unpaired) electrons. The van der Waals surface area contributed by atoms with E-state index in [1.54, 1.807) is 0 Å². The van der Waals surface area contributed by atoms with Crippen LogP contribution in [0.4, 0.5) is 0 Å². The number of aromatic nitrogens is 2. The molecule has 0 unspecified atom stereocenters. The van der Waals surface area contributed by atoms with E-state index >= 15 is 0 Å².